The van der Waals surface area contributed by atoms with Gasteiger partial charge in [-0.05, 0) is 36.8 Å². The topological polar surface area (TPSA) is 94.6 Å². The molecule has 0 aliphatic rings. The molecular weight excluding hydrogens is 292 g/mol. The second-order valence-electron chi connectivity index (χ2n) is 4.53. The fourth-order valence-corrected chi connectivity index (χ4v) is 3.03. The van der Waals surface area contributed by atoms with E-state index in [1.807, 2.05) is 0 Å². The number of nitrogens with one attached hydrogen (secondary N) is 1. The largest absolute Gasteiger partial charge is 0.495 e. The first kappa shape index (κ1) is 15.6. The summed E-state index contributed by atoms with van der Waals surface area (Å²) >= 11 is 0. The zero-order valence-electron chi connectivity index (χ0n) is 11.9. The fourth-order valence-electron chi connectivity index (χ4n) is 1.88. The van der Waals surface area contributed by atoms with Gasteiger partial charge in [0.25, 0.3) is 0 Å². The quantitative estimate of drug-likeness (QED) is 0.844. The number of nitrogens with two attached hydrogens (primary N) is 1. The molecule has 0 spiro atoms. The summed E-state index contributed by atoms with van der Waals surface area (Å²) in [5.74, 6) is 1.55. The molecule has 0 bridgehead atoms. The van der Waals surface area contributed by atoms with E-state index in [9.17, 15) is 8.42 Å². The Hall–Kier alpha value is -1.83. The standard InChI is InChI=1S/C14H18N2O4S/c1-10-3-5-12(20-10)9-16-21(17,18)14-6-4-11(8-15)7-13(14)19-2/h3-7,16H,8-9,15H2,1-2H3. The van der Waals surface area contributed by atoms with E-state index >= 15 is 0 Å². The molecule has 0 saturated heterocycles. The summed E-state index contributed by atoms with van der Waals surface area (Å²) in [4.78, 5) is 0.0745. The van der Waals surface area contributed by atoms with Gasteiger partial charge >= 0.3 is 0 Å². The van der Waals surface area contributed by atoms with Crippen LogP contribution in [0.4, 0.5) is 0 Å². The first-order chi connectivity index (χ1) is 9.96. The number of methoxy groups -OCH3 is 1. The van der Waals surface area contributed by atoms with Gasteiger partial charge in [-0.3, -0.25) is 0 Å². The van der Waals surface area contributed by atoms with E-state index in [1.165, 1.54) is 13.2 Å². The van der Waals surface area contributed by atoms with E-state index in [4.69, 9.17) is 14.9 Å². The fraction of sp³-hybridized carbons (Fsp3) is 0.286. The lowest BCUT2D eigenvalue weighted by Crippen LogP contribution is -2.23. The molecule has 1 heterocycles. The van der Waals surface area contributed by atoms with Crippen molar-refractivity contribution in [1.29, 1.82) is 0 Å². The van der Waals surface area contributed by atoms with Gasteiger partial charge in [-0.15, -0.1) is 0 Å². The minimum atomic E-state index is -3.69. The van der Waals surface area contributed by atoms with Crippen molar-refractivity contribution in [1.82, 2.24) is 4.72 Å². The molecular formula is C14H18N2O4S. The first-order valence-corrected chi connectivity index (χ1v) is 7.86. The summed E-state index contributed by atoms with van der Waals surface area (Å²) in [6.45, 7) is 2.19. The van der Waals surface area contributed by atoms with E-state index < -0.39 is 10.0 Å². The van der Waals surface area contributed by atoms with Crippen LogP contribution in [-0.2, 0) is 23.1 Å². The third-order valence-electron chi connectivity index (χ3n) is 2.99. The Morgan fingerprint density at radius 3 is 2.62 bits per heavy atom. The van der Waals surface area contributed by atoms with Gasteiger partial charge in [0.15, 0.2) is 0 Å². The van der Waals surface area contributed by atoms with E-state index in [0.717, 1.165) is 11.3 Å². The molecule has 21 heavy (non-hydrogen) atoms. The van der Waals surface area contributed by atoms with E-state index in [0.29, 0.717) is 12.3 Å². The highest BCUT2D eigenvalue weighted by atomic mass is 32.2. The van der Waals surface area contributed by atoms with Crippen LogP contribution in [0, 0.1) is 6.92 Å². The van der Waals surface area contributed by atoms with Gasteiger partial charge in [0.1, 0.15) is 22.2 Å². The van der Waals surface area contributed by atoms with Gasteiger partial charge in [-0.2, -0.15) is 0 Å². The molecule has 7 heteroatoms. The number of hydrogen-bond donors (Lipinski definition) is 2. The van der Waals surface area contributed by atoms with Crippen molar-refractivity contribution in [3.05, 3.63) is 47.4 Å². The Kier molecular flexibility index (Phi) is 4.66. The molecule has 0 unspecified atom stereocenters. The van der Waals surface area contributed by atoms with Crippen molar-refractivity contribution in [3.63, 3.8) is 0 Å². The van der Waals surface area contributed by atoms with Gasteiger partial charge in [-0.1, -0.05) is 6.07 Å². The molecule has 1 aromatic carbocycles. The zero-order chi connectivity index (χ0) is 15.5. The average molecular weight is 310 g/mol. The number of benzene rings is 1. The average Bonchev–Trinajstić information content (AvgIpc) is 2.90. The molecule has 0 saturated carbocycles. The first-order valence-electron chi connectivity index (χ1n) is 6.38. The molecule has 0 aliphatic heterocycles. The number of hydrogen-bond acceptors (Lipinski definition) is 5. The molecule has 0 fully saturated rings. The molecule has 3 N–H and O–H groups in total. The van der Waals surface area contributed by atoms with E-state index in [2.05, 4.69) is 4.72 Å². The lowest BCUT2D eigenvalue weighted by atomic mass is 10.2. The zero-order valence-corrected chi connectivity index (χ0v) is 12.7. The number of aryl methyl sites for hydroxylation is 1. The van der Waals surface area contributed by atoms with Crippen molar-refractivity contribution in [2.24, 2.45) is 5.73 Å². The van der Waals surface area contributed by atoms with Crippen LogP contribution >= 0.6 is 0 Å². The molecule has 0 radical (unpaired) electrons. The molecule has 0 atom stereocenters. The number of furan rings is 1. The molecule has 6 nitrogen and oxygen atoms in total. The highest BCUT2D eigenvalue weighted by Crippen LogP contribution is 2.25. The Balaban J connectivity index is 2.22. The van der Waals surface area contributed by atoms with Gasteiger partial charge in [-0.25, -0.2) is 13.1 Å². The summed E-state index contributed by atoms with van der Waals surface area (Å²) in [7, 11) is -2.27. The lowest BCUT2D eigenvalue weighted by Gasteiger charge is -2.11. The van der Waals surface area contributed by atoms with Crippen LogP contribution in [0.1, 0.15) is 17.1 Å². The van der Waals surface area contributed by atoms with Crippen LogP contribution < -0.4 is 15.2 Å². The highest BCUT2D eigenvalue weighted by Gasteiger charge is 2.20. The normalized spacial score (nSPS) is 11.6. The molecule has 114 valence electrons. The highest BCUT2D eigenvalue weighted by molar-refractivity contribution is 7.89. The van der Waals surface area contributed by atoms with Crippen molar-refractivity contribution in [2.45, 2.75) is 24.9 Å². The Labute approximate surface area is 124 Å². The Morgan fingerprint density at radius 1 is 1.29 bits per heavy atom. The predicted molar refractivity (Wildman–Crippen MR) is 78.4 cm³/mol. The predicted octanol–water partition coefficient (Wildman–Crippen LogP) is 1.53. The monoisotopic (exact) mass is 310 g/mol. The number of ether oxygens (including phenoxy) is 1. The van der Waals surface area contributed by atoms with Gasteiger partial charge in [0, 0.05) is 6.54 Å². The second kappa shape index (κ2) is 6.30. The van der Waals surface area contributed by atoms with Crippen molar-refractivity contribution in [2.75, 3.05) is 7.11 Å². The smallest absolute Gasteiger partial charge is 0.244 e. The van der Waals surface area contributed by atoms with Crippen molar-refractivity contribution in [3.8, 4) is 5.75 Å². The number of sulfonamides is 1. The minimum Gasteiger partial charge on any atom is -0.495 e. The van der Waals surface area contributed by atoms with Crippen LogP contribution in [0.2, 0.25) is 0 Å². The van der Waals surface area contributed by atoms with Crippen LogP contribution in [0.3, 0.4) is 0 Å². The summed E-state index contributed by atoms with van der Waals surface area (Å²) in [6.07, 6.45) is 0. The van der Waals surface area contributed by atoms with Gasteiger partial charge < -0.3 is 14.9 Å². The molecule has 1 aromatic heterocycles. The molecule has 2 aromatic rings. The summed E-state index contributed by atoms with van der Waals surface area (Å²) < 4.78 is 37.6. The van der Waals surface area contributed by atoms with E-state index in [1.54, 1.807) is 31.2 Å². The second-order valence-corrected chi connectivity index (χ2v) is 6.26. The van der Waals surface area contributed by atoms with E-state index in [-0.39, 0.29) is 17.2 Å². The maximum absolute atomic E-state index is 12.3. The Bertz CT molecular complexity index is 722. The maximum Gasteiger partial charge on any atom is 0.244 e. The van der Waals surface area contributed by atoms with Crippen LogP contribution in [0.15, 0.2) is 39.6 Å². The molecule has 2 rings (SSSR count). The van der Waals surface area contributed by atoms with Gasteiger partial charge in [0.05, 0.1) is 13.7 Å². The summed E-state index contributed by atoms with van der Waals surface area (Å²) in [6, 6.07) is 8.27. The summed E-state index contributed by atoms with van der Waals surface area (Å²) in [5.41, 5.74) is 6.34. The van der Waals surface area contributed by atoms with Crippen molar-refractivity contribution < 1.29 is 17.6 Å². The van der Waals surface area contributed by atoms with Crippen LogP contribution in [-0.4, -0.2) is 15.5 Å². The molecule has 0 aliphatic carbocycles. The Morgan fingerprint density at radius 2 is 2.05 bits per heavy atom. The van der Waals surface area contributed by atoms with Crippen LogP contribution in [0.25, 0.3) is 0 Å². The molecule has 0 amide bonds. The third kappa shape index (κ3) is 3.63. The SMILES string of the molecule is COc1cc(CN)ccc1S(=O)(=O)NCc1ccc(C)o1. The van der Waals surface area contributed by atoms with Crippen molar-refractivity contribution >= 4 is 10.0 Å². The third-order valence-corrected chi connectivity index (χ3v) is 4.43. The summed E-state index contributed by atoms with van der Waals surface area (Å²) in [5, 5.41) is 0. The number of rotatable bonds is 6. The lowest BCUT2D eigenvalue weighted by molar-refractivity contribution is 0.401. The maximum atomic E-state index is 12.3. The van der Waals surface area contributed by atoms with Gasteiger partial charge in [0.2, 0.25) is 10.0 Å². The van der Waals surface area contributed by atoms with Crippen LogP contribution in [0.5, 0.6) is 5.75 Å². The minimum absolute atomic E-state index is 0.0745.